The summed E-state index contributed by atoms with van der Waals surface area (Å²) in [5.74, 6) is 4.69. The van der Waals surface area contributed by atoms with Crippen LogP contribution in [0.2, 0.25) is 0 Å². The molecule has 0 saturated carbocycles. The lowest BCUT2D eigenvalue weighted by Gasteiger charge is -2.01. The molecule has 0 fully saturated rings. The summed E-state index contributed by atoms with van der Waals surface area (Å²) in [5, 5.41) is 0. The highest BCUT2D eigenvalue weighted by atomic mass is 16.2. The van der Waals surface area contributed by atoms with Gasteiger partial charge in [-0.2, -0.15) is 0 Å². The van der Waals surface area contributed by atoms with Crippen molar-refractivity contribution in [3.05, 3.63) is 41.5 Å². The Bertz CT molecular complexity index is 352. The Kier molecular flexibility index (Phi) is 3.42. The van der Waals surface area contributed by atoms with E-state index in [1.165, 1.54) is 11.6 Å². The normalized spacial score (nSPS) is 11.2. The fraction of sp³-hybridized carbons (Fsp3) is 0.182. The molecule has 1 aromatic rings. The molecule has 0 spiro atoms. The summed E-state index contributed by atoms with van der Waals surface area (Å²) in [6, 6.07) is 7.97. The second-order valence-electron chi connectivity index (χ2n) is 3.20. The molecule has 74 valence electrons. The van der Waals surface area contributed by atoms with E-state index in [9.17, 15) is 4.79 Å². The number of nitrogens with two attached hydrogens (primary N) is 1. The van der Waals surface area contributed by atoms with Crippen LogP contribution in [0.1, 0.15) is 18.1 Å². The summed E-state index contributed by atoms with van der Waals surface area (Å²) in [7, 11) is 0. The number of hydrogen-bond donors (Lipinski definition) is 2. The van der Waals surface area contributed by atoms with Crippen molar-refractivity contribution in [1.82, 2.24) is 5.43 Å². The molecule has 3 N–H and O–H groups in total. The fourth-order valence-corrected chi connectivity index (χ4v) is 1.14. The molecule has 1 amide bonds. The van der Waals surface area contributed by atoms with Crippen LogP contribution in [-0.4, -0.2) is 5.91 Å². The molecule has 1 aromatic carbocycles. The Balaban J connectivity index is 2.89. The van der Waals surface area contributed by atoms with Gasteiger partial charge in [-0.25, -0.2) is 5.84 Å². The van der Waals surface area contributed by atoms with E-state index in [0.717, 1.165) is 11.1 Å². The summed E-state index contributed by atoms with van der Waals surface area (Å²) in [4.78, 5) is 10.9. The number of rotatable bonds is 2. The van der Waals surface area contributed by atoms with Crippen LogP contribution in [0.15, 0.2) is 30.3 Å². The van der Waals surface area contributed by atoms with E-state index in [2.05, 4.69) is 5.43 Å². The molecule has 0 aliphatic heterocycles. The van der Waals surface area contributed by atoms with Gasteiger partial charge >= 0.3 is 0 Å². The molecule has 3 heteroatoms. The highest BCUT2D eigenvalue weighted by Crippen LogP contribution is 2.13. The minimum atomic E-state index is -0.289. The van der Waals surface area contributed by atoms with E-state index < -0.39 is 0 Å². The van der Waals surface area contributed by atoms with Crippen LogP contribution in [0, 0.1) is 6.92 Å². The lowest BCUT2D eigenvalue weighted by Crippen LogP contribution is -2.28. The maximum Gasteiger partial charge on any atom is 0.258 e. The van der Waals surface area contributed by atoms with Crippen LogP contribution in [0.5, 0.6) is 0 Å². The second kappa shape index (κ2) is 4.58. The average Bonchev–Trinajstić information content (AvgIpc) is 2.18. The van der Waals surface area contributed by atoms with E-state index in [0.29, 0.717) is 0 Å². The number of aryl methyl sites for hydroxylation is 1. The van der Waals surface area contributed by atoms with Crippen molar-refractivity contribution in [2.24, 2.45) is 5.84 Å². The van der Waals surface area contributed by atoms with Crippen LogP contribution in [0.25, 0.3) is 5.57 Å². The van der Waals surface area contributed by atoms with Crippen LogP contribution < -0.4 is 11.3 Å². The molecule has 14 heavy (non-hydrogen) atoms. The van der Waals surface area contributed by atoms with Gasteiger partial charge < -0.3 is 0 Å². The molecule has 3 nitrogen and oxygen atoms in total. The number of amides is 1. The van der Waals surface area contributed by atoms with Crippen molar-refractivity contribution >= 4 is 11.5 Å². The van der Waals surface area contributed by atoms with Crippen molar-refractivity contribution in [2.45, 2.75) is 13.8 Å². The molecule has 0 radical (unpaired) electrons. The quantitative estimate of drug-likeness (QED) is 0.320. The van der Waals surface area contributed by atoms with Gasteiger partial charge in [-0.1, -0.05) is 29.8 Å². The summed E-state index contributed by atoms with van der Waals surface area (Å²) in [6.45, 7) is 3.90. The number of benzene rings is 1. The summed E-state index contributed by atoms with van der Waals surface area (Å²) in [6.07, 6.45) is 1.48. The first-order valence-corrected chi connectivity index (χ1v) is 4.39. The predicted octanol–water partition coefficient (Wildman–Crippen LogP) is 1.39. The molecule has 0 aromatic heterocycles. The maximum atomic E-state index is 10.9. The number of hydrogen-bond acceptors (Lipinski definition) is 2. The van der Waals surface area contributed by atoms with Gasteiger partial charge in [-0.05, 0) is 25.0 Å². The number of hydrazine groups is 1. The van der Waals surface area contributed by atoms with Gasteiger partial charge in [0.1, 0.15) is 0 Å². The van der Waals surface area contributed by atoms with Crippen LogP contribution >= 0.6 is 0 Å². The molecule has 0 aliphatic rings. The Morgan fingerprint density at radius 1 is 1.36 bits per heavy atom. The molecule has 0 aliphatic carbocycles. The number of nitrogens with one attached hydrogen (secondary N) is 1. The largest absolute Gasteiger partial charge is 0.291 e. The summed E-state index contributed by atoms with van der Waals surface area (Å²) < 4.78 is 0. The summed E-state index contributed by atoms with van der Waals surface area (Å²) >= 11 is 0. The molecule has 1 rings (SSSR count). The number of carbonyl (C=O) groups excluding carboxylic acids is 1. The minimum Gasteiger partial charge on any atom is -0.291 e. The third-order valence-corrected chi connectivity index (χ3v) is 2.00. The van der Waals surface area contributed by atoms with Crippen molar-refractivity contribution < 1.29 is 4.79 Å². The van der Waals surface area contributed by atoms with Gasteiger partial charge in [0.05, 0.1) is 0 Å². The topological polar surface area (TPSA) is 55.1 Å². The first kappa shape index (κ1) is 10.5. The first-order valence-electron chi connectivity index (χ1n) is 4.39. The van der Waals surface area contributed by atoms with Gasteiger partial charge in [-0.15, -0.1) is 0 Å². The standard InChI is InChI=1S/C11H14N2O/c1-8-3-5-10(6-4-8)9(2)7-11(14)13-12/h3-7H,12H2,1-2H3,(H,13,14)/b9-7-. The average molecular weight is 190 g/mol. The van der Waals surface area contributed by atoms with Crippen molar-refractivity contribution in [2.75, 3.05) is 0 Å². The summed E-state index contributed by atoms with van der Waals surface area (Å²) in [5.41, 5.74) is 5.18. The molecule has 0 atom stereocenters. The van der Waals surface area contributed by atoms with Gasteiger partial charge in [0, 0.05) is 6.08 Å². The van der Waals surface area contributed by atoms with Crippen LogP contribution in [0.4, 0.5) is 0 Å². The van der Waals surface area contributed by atoms with Crippen molar-refractivity contribution in [1.29, 1.82) is 0 Å². The van der Waals surface area contributed by atoms with Crippen LogP contribution in [0.3, 0.4) is 0 Å². The van der Waals surface area contributed by atoms with Gasteiger partial charge in [0.15, 0.2) is 0 Å². The lowest BCUT2D eigenvalue weighted by atomic mass is 10.1. The smallest absolute Gasteiger partial charge is 0.258 e. The number of allylic oxidation sites excluding steroid dienone is 1. The SMILES string of the molecule is C/C(=C/C(=O)NN)c1ccc(C)cc1. The zero-order chi connectivity index (χ0) is 10.6. The van der Waals surface area contributed by atoms with Crippen LogP contribution in [-0.2, 0) is 4.79 Å². The molecular formula is C11H14N2O. The molecule has 0 saturated heterocycles. The van der Waals surface area contributed by atoms with E-state index in [1.54, 1.807) is 0 Å². The zero-order valence-corrected chi connectivity index (χ0v) is 8.37. The Morgan fingerprint density at radius 2 is 1.93 bits per heavy atom. The fourth-order valence-electron chi connectivity index (χ4n) is 1.14. The monoisotopic (exact) mass is 190 g/mol. The van der Waals surface area contributed by atoms with Gasteiger partial charge in [0.25, 0.3) is 5.91 Å². The van der Waals surface area contributed by atoms with E-state index in [1.807, 2.05) is 38.1 Å². The lowest BCUT2D eigenvalue weighted by molar-refractivity contribution is -0.116. The third kappa shape index (κ3) is 2.71. The molecule has 0 bridgehead atoms. The van der Waals surface area contributed by atoms with Crippen molar-refractivity contribution in [3.8, 4) is 0 Å². The Labute approximate surface area is 83.6 Å². The molecule has 0 heterocycles. The first-order chi connectivity index (χ1) is 6.63. The van der Waals surface area contributed by atoms with E-state index in [-0.39, 0.29) is 5.91 Å². The highest BCUT2D eigenvalue weighted by Gasteiger charge is 1.97. The number of carbonyl (C=O) groups is 1. The Morgan fingerprint density at radius 3 is 2.43 bits per heavy atom. The van der Waals surface area contributed by atoms with Crippen molar-refractivity contribution in [3.63, 3.8) is 0 Å². The molecule has 0 unspecified atom stereocenters. The highest BCUT2D eigenvalue weighted by molar-refractivity contribution is 5.94. The van der Waals surface area contributed by atoms with Gasteiger partial charge in [-0.3, -0.25) is 10.2 Å². The zero-order valence-electron chi connectivity index (χ0n) is 8.37. The third-order valence-electron chi connectivity index (χ3n) is 2.00. The van der Waals surface area contributed by atoms with E-state index in [4.69, 9.17) is 5.84 Å². The molecular weight excluding hydrogens is 176 g/mol. The van der Waals surface area contributed by atoms with E-state index >= 15 is 0 Å². The van der Waals surface area contributed by atoms with Gasteiger partial charge in [0.2, 0.25) is 0 Å². The second-order valence-corrected chi connectivity index (χ2v) is 3.20. The Hall–Kier alpha value is -1.61. The predicted molar refractivity (Wildman–Crippen MR) is 57.2 cm³/mol. The minimum absolute atomic E-state index is 0.289. The maximum absolute atomic E-state index is 10.9.